The van der Waals surface area contributed by atoms with Crippen molar-refractivity contribution in [1.29, 1.82) is 5.26 Å². The normalized spacial score (nSPS) is 11.5. The highest BCUT2D eigenvalue weighted by Crippen LogP contribution is 2.28. The quantitative estimate of drug-likeness (QED) is 0.654. The molecule has 0 fully saturated rings. The predicted molar refractivity (Wildman–Crippen MR) is 75.3 cm³/mol. The van der Waals surface area contributed by atoms with Crippen molar-refractivity contribution in [2.45, 2.75) is 6.04 Å². The van der Waals surface area contributed by atoms with Gasteiger partial charge in [-0.25, -0.2) is 22.4 Å². The number of hydrogen-bond acceptors (Lipinski definition) is 3. The molecule has 0 aliphatic heterocycles. The van der Waals surface area contributed by atoms with Crippen LogP contribution < -0.4 is 5.32 Å². The summed E-state index contributed by atoms with van der Waals surface area (Å²) in [7, 11) is 0. The van der Waals surface area contributed by atoms with Crippen molar-refractivity contribution in [3.8, 4) is 6.07 Å². The second kappa shape index (κ2) is 7.00. The number of carboxylic acids is 1. The van der Waals surface area contributed by atoms with Crippen LogP contribution in [0, 0.1) is 34.6 Å². The number of carbonyl (C=O) groups is 2. The van der Waals surface area contributed by atoms with Gasteiger partial charge in [-0.1, -0.05) is 18.2 Å². The first kappa shape index (κ1) is 17.9. The van der Waals surface area contributed by atoms with Gasteiger partial charge in [-0.3, -0.25) is 4.79 Å². The van der Waals surface area contributed by atoms with E-state index in [4.69, 9.17) is 10.4 Å². The van der Waals surface area contributed by atoms with Gasteiger partial charge in [-0.2, -0.15) is 5.26 Å². The van der Waals surface area contributed by atoms with E-state index in [2.05, 4.69) is 0 Å². The Hall–Kier alpha value is -3.41. The van der Waals surface area contributed by atoms with Crippen molar-refractivity contribution in [1.82, 2.24) is 5.32 Å². The van der Waals surface area contributed by atoms with E-state index in [1.807, 2.05) is 0 Å². The van der Waals surface area contributed by atoms with Crippen LogP contribution in [0.3, 0.4) is 0 Å². The summed E-state index contributed by atoms with van der Waals surface area (Å²) in [5, 5.41) is 19.4. The molecule has 5 nitrogen and oxygen atoms in total. The Morgan fingerprint density at radius 2 is 1.52 bits per heavy atom. The number of nitrogens with zero attached hydrogens (tertiary/aromatic N) is 1. The molecule has 128 valence electrons. The number of rotatable bonds is 4. The zero-order valence-electron chi connectivity index (χ0n) is 12.2. The average Bonchev–Trinajstić information content (AvgIpc) is 2.60. The molecule has 2 aromatic carbocycles. The maximum Gasteiger partial charge on any atom is 0.331 e. The third-order valence-electron chi connectivity index (χ3n) is 3.26. The van der Waals surface area contributed by atoms with Crippen molar-refractivity contribution in [2.24, 2.45) is 0 Å². The minimum Gasteiger partial charge on any atom is -0.479 e. The topological polar surface area (TPSA) is 90.2 Å². The molecular formula is C16H8F4N2O3. The van der Waals surface area contributed by atoms with E-state index in [9.17, 15) is 27.2 Å². The van der Waals surface area contributed by atoms with Gasteiger partial charge in [0.15, 0.2) is 29.3 Å². The van der Waals surface area contributed by atoms with E-state index in [0.717, 1.165) is 6.07 Å². The molecule has 0 radical (unpaired) electrons. The second-order valence-electron chi connectivity index (χ2n) is 4.77. The standard InChI is InChI=1S/C16H8F4N2O3/c17-10-8(6-21)11(18)13(20)9(12(10)19)14(16(24)25)22-15(23)7-4-2-1-3-5-7/h1-5,14H,(H,22,23)(H,24,25). The second-order valence-corrected chi connectivity index (χ2v) is 4.77. The van der Waals surface area contributed by atoms with Crippen LogP contribution in [0.25, 0.3) is 0 Å². The van der Waals surface area contributed by atoms with Gasteiger partial charge in [0, 0.05) is 5.56 Å². The summed E-state index contributed by atoms with van der Waals surface area (Å²) in [6.07, 6.45) is 0. The maximum atomic E-state index is 14.0. The summed E-state index contributed by atoms with van der Waals surface area (Å²) in [6, 6.07) is 5.58. The lowest BCUT2D eigenvalue weighted by atomic mass is 10.0. The number of aliphatic carboxylic acids is 1. The monoisotopic (exact) mass is 352 g/mol. The van der Waals surface area contributed by atoms with E-state index in [1.165, 1.54) is 24.3 Å². The maximum absolute atomic E-state index is 14.0. The van der Waals surface area contributed by atoms with E-state index >= 15 is 0 Å². The Balaban J connectivity index is 2.54. The molecule has 25 heavy (non-hydrogen) atoms. The summed E-state index contributed by atoms with van der Waals surface area (Å²) in [6.45, 7) is 0. The van der Waals surface area contributed by atoms with Crippen molar-refractivity contribution in [3.63, 3.8) is 0 Å². The lowest BCUT2D eigenvalue weighted by Gasteiger charge is -2.17. The van der Waals surface area contributed by atoms with E-state index in [-0.39, 0.29) is 5.56 Å². The molecule has 2 N–H and O–H groups in total. The fourth-order valence-corrected chi connectivity index (χ4v) is 2.06. The van der Waals surface area contributed by atoms with E-state index in [0.29, 0.717) is 0 Å². The molecule has 0 aliphatic rings. The Morgan fingerprint density at radius 1 is 1.00 bits per heavy atom. The Labute approximate surface area is 138 Å². The summed E-state index contributed by atoms with van der Waals surface area (Å²) in [5.41, 5.74) is -3.12. The van der Waals surface area contributed by atoms with Crippen LogP contribution in [0.5, 0.6) is 0 Å². The number of nitrogens with one attached hydrogen (secondary N) is 1. The number of carbonyl (C=O) groups excluding carboxylic acids is 1. The van der Waals surface area contributed by atoms with E-state index in [1.54, 1.807) is 11.4 Å². The molecule has 9 heteroatoms. The largest absolute Gasteiger partial charge is 0.479 e. The Morgan fingerprint density at radius 3 is 1.96 bits per heavy atom. The minimum absolute atomic E-state index is 0.0378. The summed E-state index contributed by atoms with van der Waals surface area (Å²) in [4.78, 5) is 23.3. The van der Waals surface area contributed by atoms with Gasteiger partial charge in [0.05, 0.1) is 5.56 Å². The van der Waals surface area contributed by atoms with Crippen LogP contribution in [0.4, 0.5) is 17.6 Å². The highest BCUT2D eigenvalue weighted by Gasteiger charge is 2.34. The van der Waals surface area contributed by atoms with Gasteiger partial charge in [-0.05, 0) is 12.1 Å². The molecule has 1 unspecified atom stereocenters. The Bertz CT molecular complexity index is 865. The highest BCUT2D eigenvalue weighted by atomic mass is 19.2. The van der Waals surface area contributed by atoms with Crippen LogP contribution in [0.15, 0.2) is 30.3 Å². The van der Waals surface area contributed by atoms with Gasteiger partial charge in [0.25, 0.3) is 5.91 Å². The lowest BCUT2D eigenvalue weighted by molar-refractivity contribution is -0.139. The fraction of sp³-hybridized carbons (Fsp3) is 0.0625. The molecule has 0 saturated carbocycles. The number of hydrogen-bond donors (Lipinski definition) is 2. The number of halogens is 4. The molecule has 2 aromatic rings. The van der Waals surface area contributed by atoms with Gasteiger partial charge in [0.2, 0.25) is 0 Å². The van der Waals surface area contributed by atoms with Crippen LogP contribution in [0.1, 0.15) is 27.5 Å². The number of amides is 1. The molecule has 0 bridgehead atoms. The van der Waals surface area contributed by atoms with Gasteiger partial charge < -0.3 is 10.4 Å². The van der Waals surface area contributed by atoms with Crippen LogP contribution in [-0.4, -0.2) is 17.0 Å². The first-order chi connectivity index (χ1) is 11.8. The van der Waals surface area contributed by atoms with Gasteiger partial charge in [0.1, 0.15) is 11.6 Å². The van der Waals surface area contributed by atoms with Crippen LogP contribution in [0.2, 0.25) is 0 Å². The minimum atomic E-state index is -2.41. The van der Waals surface area contributed by atoms with Crippen molar-refractivity contribution in [3.05, 3.63) is 70.3 Å². The van der Waals surface area contributed by atoms with E-state index < -0.39 is 52.3 Å². The summed E-state index contributed by atoms with van der Waals surface area (Å²) in [5.74, 6) is -11.2. The molecule has 1 amide bonds. The first-order valence-corrected chi connectivity index (χ1v) is 6.64. The predicted octanol–water partition coefficient (Wildman–Crippen LogP) is 2.67. The Kier molecular flexibility index (Phi) is 5.02. The third kappa shape index (κ3) is 3.28. The molecule has 0 heterocycles. The summed E-state index contributed by atoms with van der Waals surface area (Å²) >= 11 is 0. The van der Waals surface area contributed by atoms with Gasteiger partial charge in [-0.15, -0.1) is 0 Å². The number of benzene rings is 2. The average molecular weight is 352 g/mol. The summed E-state index contributed by atoms with van der Waals surface area (Å²) < 4.78 is 55.4. The lowest BCUT2D eigenvalue weighted by Crippen LogP contribution is -2.35. The fourth-order valence-electron chi connectivity index (χ4n) is 2.06. The number of carboxylic acid groups (broad SMARTS) is 1. The molecule has 1 atom stereocenters. The first-order valence-electron chi connectivity index (χ1n) is 6.64. The molecule has 0 spiro atoms. The zero-order valence-corrected chi connectivity index (χ0v) is 12.2. The van der Waals surface area contributed by atoms with Crippen LogP contribution in [-0.2, 0) is 4.79 Å². The molecular weight excluding hydrogens is 344 g/mol. The van der Waals surface area contributed by atoms with Crippen molar-refractivity contribution >= 4 is 11.9 Å². The SMILES string of the molecule is N#Cc1c(F)c(F)c(C(NC(=O)c2ccccc2)C(=O)O)c(F)c1F. The molecule has 2 rings (SSSR count). The molecule has 0 aromatic heterocycles. The third-order valence-corrected chi connectivity index (χ3v) is 3.26. The highest BCUT2D eigenvalue weighted by molar-refractivity contribution is 5.96. The van der Waals surface area contributed by atoms with Crippen molar-refractivity contribution in [2.75, 3.05) is 0 Å². The van der Waals surface area contributed by atoms with Crippen LogP contribution >= 0.6 is 0 Å². The smallest absolute Gasteiger partial charge is 0.331 e. The van der Waals surface area contributed by atoms with Gasteiger partial charge >= 0.3 is 5.97 Å². The number of nitriles is 1. The van der Waals surface area contributed by atoms with Crippen molar-refractivity contribution < 1.29 is 32.3 Å². The molecule has 0 saturated heterocycles. The molecule has 0 aliphatic carbocycles. The zero-order chi connectivity index (χ0) is 18.7.